The van der Waals surface area contributed by atoms with E-state index in [2.05, 4.69) is 20.8 Å². The van der Waals surface area contributed by atoms with Crippen LogP contribution in [0.1, 0.15) is 18.1 Å². The van der Waals surface area contributed by atoms with E-state index in [1.807, 2.05) is 73.7 Å². The fourth-order valence-corrected chi connectivity index (χ4v) is 3.30. The van der Waals surface area contributed by atoms with E-state index in [0.29, 0.717) is 22.4 Å². The standard InChI is InChI=1S/C22H22N4O2S/c1-3-28-22(27)25-20-19(18-13-11-16(2)12-14-18)24-21(29-20)26-23-15-7-10-17-8-5-4-6-9-17/h4-15H,3H2,1-2H3,(H,24,26)(H,25,27)/b10-7+,23-15-. The normalized spacial score (nSPS) is 11.1. The number of amides is 1. The van der Waals surface area contributed by atoms with E-state index >= 15 is 0 Å². The van der Waals surface area contributed by atoms with Crippen LogP contribution >= 0.6 is 11.3 Å². The second-order valence-electron chi connectivity index (χ2n) is 6.07. The number of ether oxygens (including phenoxy) is 1. The lowest BCUT2D eigenvalue weighted by Crippen LogP contribution is -2.12. The van der Waals surface area contributed by atoms with Gasteiger partial charge in [0.15, 0.2) is 0 Å². The molecule has 3 rings (SSSR count). The van der Waals surface area contributed by atoms with Gasteiger partial charge in [0.05, 0.1) is 6.61 Å². The third-order valence-corrected chi connectivity index (χ3v) is 4.73. The topological polar surface area (TPSA) is 75.6 Å². The number of carbonyl (C=O) groups is 1. The molecule has 0 aliphatic rings. The Kier molecular flexibility index (Phi) is 7.13. The highest BCUT2D eigenvalue weighted by Crippen LogP contribution is 2.36. The molecule has 0 saturated heterocycles. The minimum Gasteiger partial charge on any atom is -0.450 e. The number of anilines is 2. The molecule has 0 bridgehead atoms. The maximum Gasteiger partial charge on any atom is 0.412 e. The number of rotatable bonds is 7. The second kappa shape index (κ2) is 10.2. The Morgan fingerprint density at radius 1 is 1.17 bits per heavy atom. The van der Waals surface area contributed by atoms with Gasteiger partial charge in [-0.15, -0.1) is 0 Å². The minimum absolute atomic E-state index is 0.299. The monoisotopic (exact) mass is 406 g/mol. The number of hydrazone groups is 1. The van der Waals surface area contributed by atoms with Gasteiger partial charge in [0.25, 0.3) is 0 Å². The lowest BCUT2D eigenvalue weighted by Gasteiger charge is -2.05. The van der Waals surface area contributed by atoms with Gasteiger partial charge < -0.3 is 4.74 Å². The van der Waals surface area contributed by atoms with Crippen LogP contribution in [0.4, 0.5) is 14.9 Å². The number of nitrogens with zero attached hydrogens (tertiary/aromatic N) is 2. The number of nitrogens with one attached hydrogen (secondary N) is 2. The van der Waals surface area contributed by atoms with Gasteiger partial charge in [-0.05, 0) is 25.5 Å². The van der Waals surface area contributed by atoms with Gasteiger partial charge in [-0.25, -0.2) is 9.78 Å². The molecule has 0 saturated carbocycles. The van der Waals surface area contributed by atoms with E-state index in [4.69, 9.17) is 4.74 Å². The summed E-state index contributed by atoms with van der Waals surface area (Å²) in [6.45, 7) is 4.08. The maximum atomic E-state index is 11.9. The summed E-state index contributed by atoms with van der Waals surface area (Å²) in [5, 5.41) is 8.10. The first-order valence-electron chi connectivity index (χ1n) is 9.18. The first-order valence-corrected chi connectivity index (χ1v) is 10.00. The van der Waals surface area contributed by atoms with Crippen molar-refractivity contribution in [3.05, 3.63) is 71.8 Å². The molecule has 1 amide bonds. The van der Waals surface area contributed by atoms with Crippen molar-refractivity contribution in [2.24, 2.45) is 5.10 Å². The van der Waals surface area contributed by atoms with Crippen molar-refractivity contribution >= 4 is 39.9 Å². The summed E-state index contributed by atoms with van der Waals surface area (Å²) >= 11 is 1.30. The summed E-state index contributed by atoms with van der Waals surface area (Å²) in [5.41, 5.74) is 6.72. The fraction of sp³-hybridized carbons (Fsp3) is 0.136. The van der Waals surface area contributed by atoms with E-state index < -0.39 is 6.09 Å². The van der Waals surface area contributed by atoms with Crippen LogP contribution in [0, 0.1) is 6.92 Å². The number of thiazole rings is 1. The molecule has 6 nitrogen and oxygen atoms in total. The highest BCUT2D eigenvalue weighted by molar-refractivity contribution is 7.20. The summed E-state index contributed by atoms with van der Waals surface area (Å²) in [4.78, 5) is 16.5. The molecule has 1 heterocycles. The molecule has 0 spiro atoms. The zero-order valence-electron chi connectivity index (χ0n) is 16.3. The van der Waals surface area contributed by atoms with Crippen LogP contribution in [-0.2, 0) is 4.74 Å². The van der Waals surface area contributed by atoms with Gasteiger partial charge in [-0.2, -0.15) is 5.10 Å². The van der Waals surface area contributed by atoms with Gasteiger partial charge in [-0.1, -0.05) is 77.6 Å². The fourth-order valence-electron chi connectivity index (χ4n) is 2.47. The number of benzene rings is 2. The van der Waals surface area contributed by atoms with Crippen LogP contribution in [0.3, 0.4) is 0 Å². The van der Waals surface area contributed by atoms with E-state index in [1.54, 1.807) is 13.1 Å². The molecule has 0 fully saturated rings. The second-order valence-corrected chi connectivity index (χ2v) is 7.07. The van der Waals surface area contributed by atoms with E-state index in [9.17, 15) is 4.79 Å². The third-order valence-electron chi connectivity index (χ3n) is 3.85. The largest absolute Gasteiger partial charge is 0.450 e. The number of aromatic nitrogens is 1. The van der Waals surface area contributed by atoms with Crippen LogP contribution < -0.4 is 10.7 Å². The SMILES string of the molecule is CCOC(=O)Nc1sc(N/N=C\C=C\c2ccccc2)nc1-c1ccc(C)cc1. The highest BCUT2D eigenvalue weighted by atomic mass is 32.1. The Morgan fingerprint density at radius 2 is 1.93 bits per heavy atom. The number of allylic oxidation sites excluding steroid dienone is 1. The van der Waals surface area contributed by atoms with Crippen LogP contribution in [0.5, 0.6) is 0 Å². The Bertz CT molecular complexity index is 995. The molecule has 0 unspecified atom stereocenters. The predicted octanol–water partition coefficient (Wildman–Crippen LogP) is 5.80. The highest BCUT2D eigenvalue weighted by Gasteiger charge is 2.16. The molecule has 148 valence electrons. The average Bonchev–Trinajstić information content (AvgIpc) is 3.11. The predicted molar refractivity (Wildman–Crippen MR) is 121 cm³/mol. The lowest BCUT2D eigenvalue weighted by atomic mass is 10.1. The Morgan fingerprint density at radius 3 is 2.66 bits per heavy atom. The molecule has 3 aromatic rings. The first-order chi connectivity index (χ1) is 14.2. The van der Waals surface area contributed by atoms with E-state index in [-0.39, 0.29) is 0 Å². The smallest absolute Gasteiger partial charge is 0.412 e. The Balaban J connectivity index is 1.74. The van der Waals surface area contributed by atoms with Crippen molar-refractivity contribution in [1.29, 1.82) is 0 Å². The number of hydrogen-bond acceptors (Lipinski definition) is 6. The van der Waals surface area contributed by atoms with E-state index in [1.165, 1.54) is 11.3 Å². The van der Waals surface area contributed by atoms with Gasteiger partial charge in [0.2, 0.25) is 5.13 Å². The minimum atomic E-state index is -0.509. The molecule has 1 aromatic heterocycles. The van der Waals surface area contributed by atoms with Crippen LogP contribution in [-0.4, -0.2) is 23.9 Å². The summed E-state index contributed by atoms with van der Waals surface area (Å²) in [7, 11) is 0. The molecule has 0 aliphatic heterocycles. The molecular formula is C22H22N4O2S. The van der Waals surface area contributed by atoms with Crippen molar-refractivity contribution in [3.63, 3.8) is 0 Å². The Hall–Kier alpha value is -3.45. The molecule has 0 atom stereocenters. The number of hydrogen-bond donors (Lipinski definition) is 2. The van der Waals surface area contributed by atoms with E-state index in [0.717, 1.165) is 16.7 Å². The average molecular weight is 407 g/mol. The molecular weight excluding hydrogens is 384 g/mol. The molecule has 0 aliphatic carbocycles. The molecule has 2 N–H and O–H groups in total. The number of carbonyl (C=O) groups excluding carboxylic acids is 1. The zero-order valence-corrected chi connectivity index (χ0v) is 17.1. The van der Waals surface area contributed by atoms with Crippen molar-refractivity contribution in [3.8, 4) is 11.3 Å². The quantitative estimate of drug-likeness (QED) is 0.384. The summed E-state index contributed by atoms with van der Waals surface area (Å²) in [6, 6.07) is 17.9. The molecule has 2 aromatic carbocycles. The van der Waals surface area contributed by atoms with Gasteiger partial charge >= 0.3 is 6.09 Å². The van der Waals surface area contributed by atoms with Gasteiger partial charge in [0.1, 0.15) is 10.7 Å². The van der Waals surface area contributed by atoms with Crippen molar-refractivity contribution in [1.82, 2.24) is 4.98 Å². The number of aryl methyl sites for hydroxylation is 1. The molecule has 29 heavy (non-hydrogen) atoms. The zero-order chi connectivity index (χ0) is 20.5. The van der Waals surface area contributed by atoms with Crippen molar-refractivity contribution in [2.75, 3.05) is 17.3 Å². The van der Waals surface area contributed by atoms with Gasteiger partial charge in [-0.3, -0.25) is 10.7 Å². The molecule has 0 radical (unpaired) electrons. The molecule has 7 heteroatoms. The Labute approximate surface area is 174 Å². The lowest BCUT2D eigenvalue weighted by molar-refractivity contribution is 0.168. The third kappa shape index (κ3) is 6.02. The summed E-state index contributed by atoms with van der Waals surface area (Å²) < 4.78 is 4.99. The van der Waals surface area contributed by atoms with Crippen LogP contribution in [0.15, 0.2) is 65.8 Å². The van der Waals surface area contributed by atoms with Crippen LogP contribution in [0.2, 0.25) is 0 Å². The summed E-state index contributed by atoms with van der Waals surface area (Å²) in [6.07, 6.45) is 4.94. The first kappa shape index (κ1) is 20.3. The van der Waals surface area contributed by atoms with Gasteiger partial charge in [0, 0.05) is 11.8 Å². The van der Waals surface area contributed by atoms with Crippen molar-refractivity contribution < 1.29 is 9.53 Å². The maximum absolute atomic E-state index is 11.9. The summed E-state index contributed by atoms with van der Waals surface area (Å²) in [5.74, 6) is 0. The van der Waals surface area contributed by atoms with Crippen LogP contribution in [0.25, 0.3) is 17.3 Å². The van der Waals surface area contributed by atoms with Crippen molar-refractivity contribution in [2.45, 2.75) is 13.8 Å².